The molecule has 0 spiro atoms. The lowest BCUT2D eigenvalue weighted by atomic mass is 10.0. The molecule has 0 saturated carbocycles. The first-order chi connectivity index (χ1) is 9.22. The fourth-order valence-electron chi connectivity index (χ4n) is 1.82. The highest BCUT2D eigenvalue weighted by Gasteiger charge is 2.24. The minimum absolute atomic E-state index is 0.0702. The lowest BCUT2D eigenvalue weighted by Crippen LogP contribution is -2.17. The summed E-state index contributed by atoms with van der Waals surface area (Å²) < 4.78 is 22.4. The van der Waals surface area contributed by atoms with Crippen LogP contribution in [0.4, 0.5) is 4.39 Å². The van der Waals surface area contributed by atoms with E-state index < -0.39 is 18.7 Å². The second-order valence-corrected chi connectivity index (χ2v) is 4.01. The first-order valence-corrected chi connectivity index (χ1v) is 5.83. The Hall–Kier alpha value is -2.35. The van der Waals surface area contributed by atoms with Crippen LogP contribution in [0.1, 0.15) is 23.7 Å². The molecule has 0 radical (unpaired) electrons. The number of halogens is 1. The van der Waals surface area contributed by atoms with Crippen molar-refractivity contribution < 1.29 is 18.7 Å². The van der Waals surface area contributed by atoms with Crippen molar-refractivity contribution in [3.63, 3.8) is 0 Å². The standard InChI is InChI=1S/C14H12FNO3/c15-5-6-18-12-7-13(19-14(17)8-12)11-3-1-10(9-16)2-4-11/h1-4,8,13H,5-7H2. The average molecular weight is 261 g/mol. The molecule has 1 unspecified atom stereocenters. The zero-order valence-corrected chi connectivity index (χ0v) is 10.1. The van der Waals surface area contributed by atoms with E-state index in [0.29, 0.717) is 17.7 Å². The van der Waals surface area contributed by atoms with Gasteiger partial charge in [0, 0.05) is 6.42 Å². The third kappa shape index (κ3) is 3.32. The van der Waals surface area contributed by atoms with Gasteiger partial charge in [0.25, 0.3) is 0 Å². The minimum Gasteiger partial charge on any atom is -0.495 e. The van der Waals surface area contributed by atoms with Crippen molar-refractivity contribution in [3.8, 4) is 6.07 Å². The quantitative estimate of drug-likeness (QED) is 0.781. The Bertz CT molecular complexity index is 531. The molecule has 5 heteroatoms. The normalized spacial score (nSPS) is 18.2. The van der Waals surface area contributed by atoms with Gasteiger partial charge in [0.1, 0.15) is 25.1 Å². The molecule has 1 aliphatic rings. The molecule has 1 aromatic rings. The average Bonchev–Trinajstić information content (AvgIpc) is 2.44. The van der Waals surface area contributed by atoms with Gasteiger partial charge in [0.15, 0.2) is 0 Å². The first-order valence-electron chi connectivity index (χ1n) is 5.83. The van der Waals surface area contributed by atoms with Gasteiger partial charge in [-0.15, -0.1) is 0 Å². The summed E-state index contributed by atoms with van der Waals surface area (Å²) in [5.74, 6) is -0.0854. The Labute approximate surface area is 110 Å². The van der Waals surface area contributed by atoms with Gasteiger partial charge in [-0.25, -0.2) is 9.18 Å². The van der Waals surface area contributed by atoms with E-state index in [-0.39, 0.29) is 6.61 Å². The number of benzene rings is 1. The van der Waals surface area contributed by atoms with Crippen molar-refractivity contribution in [2.75, 3.05) is 13.3 Å². The summed E-state index contributed by atoms with van der Waals surface area (Å²) in [6, 6.07) is 8.79. The fraction of sp³-hybridized carbons (Fsp3) is 0.286. The first kappa shape index (κ1) is 13.1. The molecule has 4 nitrogen and oxygen atoms in total. The Morgan fingerprint density at radius 1 is 1.42 bits per heavy atom. The second kappa shape index (κ2) is 6.01. The van der Waals surface area contributed by atoms with Gasteiger partial charge >= 0.3 is 5.97 Å². The van der Waals surface area contributed by atoms with Gasteiger partial charge in [-0.2, -0.15) is 5.26 Å². The molecule has 19 heavy (non-hydrogen) atoms. The van der Waals surface area contributed by atoms with Crippen molar-refractivity contribution in [2.45, 2.75) is 12.5 Å². The second-order valence-electron chi connectivity index (χ2n) is 4.01. The lowest BCUT2D eigenvalue weighted by Gasteiger charge is -2.23. The summed E-state index contributed by atoms with van der Waals surface area (Å²) in [5, 5.41) is 8.72. The lowest BCUT2D eigenvalue weighted by molar-refractivity contribution is -0.145. The maximum atomic E-state index is 12.0. The molecule has 2 rings (SSSR count). The summed E-state index contributed by atoms with van der Waals surface area (Å²) in [7, 11) is 0. The van der Waals surface area contributed by atoms with E-state index in [1.807, 2.05) is 6.07 Å². The van der Waals surface area contributed by atoms with Crippen LogP contribution < -0.4 is 0 Å². The Morgan fingerprint density at radius 3 is 2.79 bits per heavy atom. The van der Waals surface area contributed by atoms with Crippen LogP contribution in [0.25, 0.3) is 0 Å². The van der Waals surface area contributed by atoms with Gasteiger partial charge in [-0.3, -0.25) is 0 Å². The summed E-state index contributed by atoms with van der Waals surface area (Å²) in [6.45, 7) is -0.673. The highest BCUT2D eigenvalue weighted by atomic mass is 19.1. The predicted octanol–water partition coefficient (Wildman–Crippen LogP) is 2.42. The van der Waals surface area contributed by atoms with Crippen LogP contribution in [0.15, 0.2) is 36.1 Å². The number of hydrogen-bond donors (Lipinski definition) is 0. The topological polar surface area (TPSA) is 59.3 Å². The van der Waals surface area contributed by atoms with E-state index in [0.717, 1.165) is 5.56 Å². The van der Waals surface area contributed by atoms with Crippen LogP contribution in [0.2, 0.25) is 0 Å². The number of cyclic esters (lactones) is 1. The smallest absolute Gasteiger partial charge is 0.334 e. The molecule has 1 aromatic carbocycles. The van der Waals surface area contributed by atoms with Crippen LogP contribution in [0, 0.1) is 11.3 Å². The molecule has 98 valence electrons. The maximum Gasteiger partial charge on any atom is 0.334 e. The number of esters is 1. The van der Waals surface area contributed by atoms with Crippen molar-refractivity contribution >= 4 is 5.97 Å². The number of carbonyl (C=O) groups excluding carboxylic acids is 1. The molecule has 0 saturated heterocycles. The predicted molar refractivity (Wildman–Crippen MR) is 64.6 cm³/mol. The Balaban J connectivity index is 2.11. The van der Waals surface area contributed by atoms with E-state index >= 15 is 0 Å². The molecule has 1 heterocycles. The molecular formula is C14H12FNO3. The maximum absolute atomic E-state index is 12.0. The molecule has 0 aromatic heterocycles. The van der Waals surface area contributed by atoms with Crippen LogP contribution in [0.3, 0.4) is 0 Å². The van der Waals surface area contributed by atoms with Gasteiger partial charge in [0.05, 0.1) is 17.7 Å². The molecule has 0 N–H and O–H groups in total. The SMILES string of the molecule is N#Cc1ccc(C2CC(OCCF)=CC(=O)O2)cc1. The number of carbonyl (C=O) groups is 1. The van der Waals surface area contributed by atoms with E-state index in [4.69, 9.17) is 14.7 Å². The van der Waals surface area contributed by atoms with Gasteiger partial charge < -0.3 is 9.47 Å². The largest absolute Gasteiger partial charge is 0.495 e. The molecule has 1 atom stereocenters. The monoisotopic (exact) mass is 261 g/mol. The van der Waals surface area contributed by atoms with Gasteiger partial charge in [-0.1, -0.05) is 12.1 Å². The number of hydrogen-bond acceptors (Lipinski definition) is 4. The number of nitriles is 1. The van der Waals surface area contributed by atoms with Crippen molar-refractivity contribution in [3.05, 3.63) is 47.2 Å². The van der Waals surface area contributed by atoms with Crippen molar-refractivity contribution in [2.24, 2.45) is 0 Å². The number of alkyl halides is 1. The van der Waals surface area contributed by atoms with Crippen molar-refractivity contribution in [1.82, 2.24) is 0 Å². The summed E-state index contributed by atoms with van der Waals surface area (Å²) in [6.07, 6.45) is 1.15. The summed E-state index contributed by atoms with van der Waals surface area (Å²) >= 11 is 0. The molecular weight excluding hydrogens is 249 g/mol. The van der Waals surface area contributed by atoms with E-state index in [9.17, 15) is 9.18 Å². The molecule has 0 amide bonds. The molecule has 0 bridgehead atoms. The Morgan fingerprint density at radius 2 is 2.16 bits per heavy atom. The zero-order valence-electron chi connectivity index (χ0n) is 10.1. The fourth-order valence-corrected chi connectivity index (χ4v) is 1.82. The number of rotatable bonds is 4. The number of nitrogens with zero attached hydrogens (tertiary/aromatic N) is 1. The Kier molecular flexibility index (Phi) is 4.14. The van der Waals surface area contributed by atoms with Gasteiger partial charge in [-0.05, 0) is 17.7 Å². The number of ether oxygens (including phenoxy) is 2. The van der Waals surface area contributed by atoms with E-state index in [1.54, 1.807) is 24.3 Å². The minimum atomic E-state index is -0.603. The van der Waals surface area contributed by atoms with Crippen LogP contribution in [-0.2, 0) is 14.3 Å². The van der Waals surface area contributed by atoms with Gasteiger partial charge in [0.2, 0.25) is 0 Å². The van der Waals surface area contributed by atoms with Crippen LogP contribution in [-0.4, -0.2) is 19.3 Å². The van der Waals surface area contributed by atoms with Crippen LogP contribution >= 0.6 is 0 Å². The zero-order chi connectivity index (χ0) is 13.7. The van der Waals surface area contributed by atoms with Crippen molar-refractivity contribution in [1.29, 1.82) is 5.26 Å². The van der Waals surface area contributed by atoms with Crippen LogP contribution in [0.5, 0.6) is 0 Å². The summed E-state index contributed by atoms with van der Waals surface area (Å²) in [4.78, 5) is 11.4. The molecule has 1 aliphatic heterocycles. The third-order valence-electron chi connectivity index (χ3n) is 2.70. The highest BCUT2D eigenvalue weighted by Crippen LogP contribution is 2.29. The molecule has 0 fully saturated rings. The van der Waals surface area contributed by atoms with E-state index in [2.05, 4.69) is 0 Å². The third-order valence-corrected chi connectivity index (χ3v) is 2.70. The summed E-state index contributed by atoms with van der Waals surface area (Å²) in [5.41, 5.74) is 1.32. The highest BCUT2D eigenvalue weighted by molar-refractivity contribution is 5.83. The van der Waals surface area contributed by atoms with E-state index in [1.165, 1.54) is 6.08 Å². The molecule has 0 aliphatic carbocycles.